The van der Waals surface area contributed by atoms with Gasteiger partial charge in [-0.3, -0.25) is 4.79 Å². The molecule has 5 heteroatoms. The second-order valence-electron chi connectivity index (χ2n) is 2.33. The molecule has 0 aliphatic carbocycles. The largest absolute Gasteiger partial charge is 0.480 e. The summed E-state index contributed by atoms with van der Waals surface area (Å²) in [5.41, 5.74) is 0. The van der Waals surface area contributed by atoms with Crippen LogP contribution in [0.15, 0.2) is 18.3 Å². The fourth-order valence-electron chi connectivity index (χ4n) is 0.781. The average molecular weight is 167 g/mol. The minimum Gasteiger partial charge on any atom is -0.480 e. The Bertz CT molecular complexity index is 263. The van der Waals surface area contributed by atoms with E-state index in [-0.39, 0.29) is 6.54 Å². The zero-order valence-corrected chi connectivity index (χ0v) is 6.64. The van der Waals surface area contributed by atoms with Crippen LogP contribution < -0.4 is 4.90 Å². The van der Waals surface area contributed by atoms with E-state index in [9.17, 15) is 4.79 Å². The number of carboxylic acids is 1. The maximum absolute atomic E-state index is 10.3. The number of hydrogen-bond donors (Lipinski definition) is 1. The Morgan fingerprint density at radius 1 is 1.75 bits per heavy atom. The number of aromatic nitrogens is 2. The fourth-order valence-corrected chi connectivity index (χ4v) is 0.781. The van der Waals surface area contributed by atoms with Crippen molar-refractivity contribution in [2.24, 2.45) is 0 Å². The lowest BCUT2D eigenvalue weighted by molar-refractivity contribution is -0.135. The number of nitrogens with zero attached hydrogens (tertiary/aromatic N) is 3. The number of rotatable bonds is 3. The highest BCUT2D eigenvalue weighted by Crippen LogP contribution is 2.03. The number of anilines is 1. The average Bonchev–Trinajstić information content (AvgIpc) is 2.05. The number of likely N-dealkylation sites (N-methyl/N-ethyl adjacent to an activating group) is 1. The summed E-state index contributed by atoms with van der Waals surface area (Å²) in [4.78, 5) is 11.8. The minimum atomic E-state index is -0.886. The summed E-state index contributed by atoms with van der Waals surface area (Å²) in [5, 5.41) is 15.8. The Hall–Kier alpha value is -1.65. The molecule has 1 N–H and O–H groups in total. The molecule has 0 saturated heterocycles. The summed E-state index contributed by atoms with van der Waals surface area (Å²) in [6.07, 6.45) is 1.54. The van der Waals surface area contributed by atoms with Gasteiger partial charge in [-0.1, -0.05) is 0 Å². The van der Waals surface area contributed by atoms with Gasteiger partial charge in [0.25, 0.3) is 0 Å². The summed E-state index contributed by atoms with van der Waals surface area (Å²) in [6.45, 7) is -0.0707. The van der Waals surface area contributed by atoms with E-state index >= 15 is 0 Å². The van der Waals surface area contributed by atoms with Gasteiger partial charge >= 0.3 is 5.97 Å². The van der Waals surface area contributed by atoms with Gasteiger partial charge in [0.05, 0.1) is 0 Å². The highest BCUT2D eigenvalue weighted by Gasteiger charge is 2.05. The van der Waals surface area contributed by atoms with Crippen LogP contribution in [0.3, 0.4) is 0 Å². The smallest absolute Gasteiger partial charge is 0.323 e. The number of carboxylic acid groups (broad SMARTS) is 1. The van der Waals surface area contributed by atoms with E-state index in [1.807, 2.05) is 0 Å². The standard InChI is InChI=1S/C7H9N3O2/c1-10(5-7(11)12)6-3-2-4-8-9-6/h2-4H,5H2,1H3,(H,11,12). The summed E-state index contributed by atoms with van der Waals surface area (Å²) < 4.78 is 0. The molecule has 1 aromatic rings. The second-order valence-corrected chi connectivity index (χ2v) is 2.33. The van der Waals surface area contributed by atoms with Crippen LogP contribution in [0.4, 0.5) is 5.82 Å². The Labute approximate surface area is 69.6 Å². The first-order valence-electron chi connectivity index (χ1n) is 3.41. The Balaban J connectivity index is 2.65. The molecule has 0 unspecified atom stereocenters. The Morgan fingerprint density at radius 3 is 3.00 bits per heavy atom. The van der Waals surface area contributed by atoms with Gasteiger partial charge < -0.3 is 10.0 Å². The van der Waals surface area contributed by atoms with Gasteiger partial charge in [-0.15, -0.1) is 5.10 Å². The van der Waals surface area contributed by atoms with Crippen LogP contribution >= 0.6 is 0 Å². The molecule has 0 saturated carbocycles. The molecule has 0 fully saturated rings. The van der Waals surface area contributed by atoms with Crippen LogP contribution in [0.5, 0.6) is 0 Å². The minimum absolute atomic E-state index is 0.0707. The zero-order valence-electron chi connectivity index (χ0n) is 6.64. The van der Waals surface area contributed by atoms with Gasteiger partial charge in [0.15, 0.2) is 5.82 Å². The van der Waals surface area contributed by atoms with Crippen LogP contribution in [0.2, 0.25) is 0 Å². The van der Waals surface area contributed by atoms with Gasteiger partial charge in [0.2, 0.25) is 0 Å². The molecule has 0 atom stereocenters. The van der Waals surface area contributed by atoms with Crippen molar-refractivity contribution in [3.05, 3.63) is 18.3 Å². The molecule has 0 aromatic carbocycles. The molecule has 1 heterocycles. The first-order chi connectivity index (χ1) is 5.70. The van der Waals surface area contributed by atoms with E-state index in [0.717, 1.165) is 0 Å². The van der Waals surface area contributed by atoms with Crippen LogP contribution in [-0.4, -0.2) is 34.9 Å². The number of hydrogen-bond acceptors (Lipinski definition) is 4. The second kappa shape index (κ2) is 3.66. The Morgan fingerprint density at radius 2 is 2.50 bits per heavy atom. The summed E-state index contributed by atoms with van der Waals surface area (Å²) in [5.74, 6) is -0.331. The van der Waals surface area contributed by atoms with Gasteiger partial charge in [-0.2, -0.15) is 5.10 Å². The van der Waals surface area contributed by atoms with E-state index in [0.29, 0.717) is 5.82 Å². The van der Waals surface area contributed by atoms with Gasteiger partial charge in [-0.25, -0.2) is 0 Å². The van der Waals surface area contributed by atoms with E-state index in [4.69, 9.17) is 5.11 Å². The number of carbonyl (C=O) groups is 1. The lowest BCUT2D eigenvalue weighted by atomic mass is 10.5. The van der Waals surface area contributed by atoms with Crippen molar-refractivity contribution in [3.63, 3.8) is 0 Å². The SMILES string of the molecule is CN(CC(=O)O)c1cccnn1. The maximum atomic E-state index is 10.3. The topological polar surface area (TPSA) is 66.3 Å². The molecular weight excluding hydrogens is 158 g/mol. The molecule has 0 radical (unpaired) electrons. The molecule has 1 rings (SSSR count). The number of aliphatic carboxylic acids is 1. The third kappa shape index (κ3) is 2.19. The van der Waals surface area contributed by atoms with Crippen molar-refractivity contribution in [1.29, 1.82) is 0 Å². The molecule has 1 aromatic heterocycles. The summed E-state index contributed by atoms with van der Waals surface area (Å²) in [6, 6.07) is 3.41. The van der Waals surface area contributed by atoms with Gasteiger partial charge in [-0.05, 0) is 12.1 Å². The van der Waals surface area contributed by atoms with Crippen LogP contribution in [0.25, 0.3) is 0 Å². The molecule has 5 nitrogen and oxygen atoms in total. The predicted molar refractivity (Wildman–Crippen MR) is 42.9 cm³/mol. The van der Waals surface area contributed by atoms with Crippen molar-refractivity contribution in [3.8, 4) is 0 Å². The van der Waals surface area contributed by atoms with Gasteiger partial charge in [0.1, 0.15) is 6.54 Å². The molecule has 0 spiro atoms. The van der Waals surface area contributed by atoms with Crippen LogP contribution in [0.1, 0.15) is 0 Å². The lowest BCUT2D eigenvalue weighted by Gasteiger charge is -2.13. The summed E-state index contributed by atoms with van der Waals surface area (Å²) >= 11 is 0. The highest BCUT2D eigenvalue weighted by atomic mass is 16.4. The van der Waals surface area contributed by atoms with E-state index in [1.165, 1.54) is 11.1 Å². The predicted octanol–water partition coefficient (Wildman–Crippen LogP) is -0.00260. The molecule has 64 valence electrons. The third-order valence-corrected chi connectivity index (χ3v) is 1.32. The van der Waals surface area contributed by atoms with E-state index in [2.05, 4.69) is 10.2 Å². The van der Waals surface area contributed by atoms with Crippen molar-refractivity contribution >= 4 is 11.8 Å². The summed E-state index contributed by atoms with van der Waals surface area (Å²) in [7, 11) is 1.65. The van der Waals surface area contributed by atoms with Gasteiger partial charge in [0, 0.05) is 13.2 Å². The molecule has 0 amide bonds. The molecule has 0 aliphatic heterocycles. The fraction of sp³-hybridized carbons (Fsp3) is 0.286. The van der Waals surface area contributed by atoms with E-state index in [1.54, 1.807) is 19.2 Å². The quantitative estimate of drug-likeness (QED) is 0.686. The van der Waals surface area contributed by atoms with Crippen molar-refractivity contribution in [2.75, 3.05) is 18.5 Å². The first-order valence-corrected chi connectivity index (χ1v) is 3.41. The van der Waals surface area contributed by atoms with E-state index < -0.39 is 5.97 Å². The third-order valence-electron chi connectivity index (χ3n) is 1.32. The highest BCUT2D eigenvalue weighted by molar-refractivity contribution is 5.72. The van der Waals surface area contributed by atoms with Crippen LogP contribution in [0, 0.1) is 0 Å². The zero-order chi connectivity index (χ0) is 8.97. The molecular formula is C7H9N3O2. The maximum Gasteiger partial charge on any atom is 0.323 e. The monoisotopic (exact) mass is 167 g/mol. The van der Waals surface area contributed by atoms with Crippen molar-refractivity contribution in [2.45, 2.75) is 0 Å². The molecule has 12 heavy (non-hydrogen) atoms. The Kier molecular flexibility index (Phi) is 2.57. The van der Waals surface area contributed by atoms with Crippen molar-refractivity contribution < 1.29 is 9.90 Å². The first kappa shape index (κ1) is 8.45. The normalized spacial score (nSPS) is 9.42. The lowest BCUT2D eigenvalue weighted by Crippen LogP contribution is -2.25. The van der Waals surface area contributed by atoms with Crippen molar-refractivity contribution in [1.82, 2.24) is 10.2 Å². The molecule has 0 aliphatic rings. The molecule has 0 bridgehead atoms. The van der Waals surface area contributed by atoms with Crippen LogP contribution in [-0.2, 0) is 4.79 Å².